The lowest BCUT2D eigenvalue weighted by Crippen LogP contribution is -2.32. The monoisotopic (exact) mass is 404 g/mol. The van der Waals surface area contributed by atoms with Crippen molar-refractivity contribution < 1.29 is 28.1 Å². The number of aryl methyl sites for hydroxylation is 2. The van der Waals surface area contributed by atoms with Crippen molar-refractivity contribution in [3.63, 3.8) is 0 Å². The van der Waals surface area contributed by atoms with Crippen molar-refractivity contribution in [3.8, 4) is 0 Å². The second kappa shape index (κ2) is 9.19. The van der Waals surface area contributed by atoms with Gasteiger partial charge in [0.05, 0.1) is 23.0 Å². The smallest absolute Gasteiger partial charge is 0.338 e. The number of halogens is 1. The normalized spacial score (nSPS) is 21.3. The van der Waals surface area contributed by atoms with Gasteiger partial charge in [-0.3, -0.25) is 0 Å². The summed E-state index contributed by atoms with van der Waals surface area (Å²) in [5, 5.41) is 0. The average molecular weight is 405 g/mol. The van der Waals surface area contributed by atoms with E-state index in [1.165, 1.54) is 0 Å². The number of carbonyl (C=O) groups excluding carboxylic acids is 2. The van der Waals surface area contributed by atoms with Crippen LogP contribution >= 0.6 is 11.9 Å². The molecule has 0 amide bonds. The van der Waals surface area contributed by atoms with Gasteiger partial charge in [0.15, 0.2) is 6.29 Å². The third kappa shape index (κ3) is 4.70. The molecule has 0 N–H and O–H groups in total. The molecule has 1 aliphatic heterocycles. The van der Waals surface area contributed by atoms with Crippen molar-refractivity contribution in [3.05, 3.63) is 70.8 Å². The van der Waals surface area contributed by atoms with E-state index < -0.39 is 30.4 Å². The molecule has 0 aromatic heterocycles. The highest BCUT2D eigenvalue weighted by molar-refractivity contribution is 6.07. The molecule has 28 heavy (non-hydrogen) atoms. The number of hydrogen-bond donors (Lipinski definition) is 0. The second-order valence-electron chi connectivity index (χ2n) is 6.60. The third-order valence-corrected chi connectivity index (χ3v) is 4.83. The van der Waals surface area contributed by atoms with Crippen molar-refractivity contribution in [2.24, 2.45) is 0 Å². The Labute approximate surface area is 168 Å². The van der Waals surface area contributed by atoms with E-state index >= 15 is 0 Å². The Morgan fingerprint density at radius 2 is 1.57 bits per heavy atom. The van der Waals surface area contributed by atoms with Crippen LogP contribution in [0.4, 0.5) is 0 Å². The van der Waals surface area contributed by atoms with E-state index in [1.54, 1.807) is 24.3 Å². The molecule has 148 valence electrons. The first-order valence-electron chi connectivity index (χ1n) is 8.92. The Morgan fingerprint density at radius 3 is 2.14 bits per heavy atom. The molecular formula is C21H21ClO6. The molecule has 0 aliphatic carbocycles. The van der Waals surface area contributed by atoms with Crippen LogP contribution in [-0.2, 0) is 18.5 Å². The van der Waals surface area contributed by atoms with Crippen molar-refractivity contribution in [1.29, 1.82) is 0 Å². The van der Waals surface area contributed by atoms with E-state index in [0.29, 0.717) is 11.1 Å². The molecule has 6 nitrogen and oxygen atoms in total. The van der Waals surface area contributed by atoms with Gasteiger partial charge < -0.3 is 14.2 Å². The van der Waals surface area contributed by atoms with Gasteiger partial charge in [0.25, 0.3) is 0 Å². The quantitative estimate of drug-likeness (QED) is 0.678. The number of benzene rings is 2. The average Bonchev–Trinajstić information content (AvgIpc) is 3.08. The summed E-state index contributed by atoms with van der Waals surface area (Å²) in [7, 11) is 0. The minimum absolute atomic E-state index is 0.0877. The lowest BCUT2D eigenvalue weighted by atomic mass is 10.1. The third-order valence-electron chi connectivity index (χ3n) is 4.63. The fourth-order valence-electron chi connectivity index (χ4n) is 3.05. The molecule has 1 saturated heterocycles. The summed E-state index contributed by atoms with van der Waals surface area (Å²) in [4.78, 5) is 24.8. The maximum Gasteiger partial charge on any atom is 0.338 e. The molecule has 3 atom stereocenters. The number of ether oxygens (including phenoxy) is 3. The molecule has 3 rings (SSSR count). The molecule has 2 aromatic carbocycles. The van der Waals surface area contributed by atoms with Gasteiger partial charge in [0, 0.05) is 6.42 Å². The zero-order chi connectivity index (χ0) is 20.1. The van der Waals surface area contributed by atoms with E-state index in [0.717, 1.165) is 11.1 Å². The van der Waals surface area contributed by atoms with Crippen molar-refractivity contribution in [2.45, 2.75) is 38.8 Å². The van der Waals surface area contributed by atoms with Crippen molar-refractivity contribution >= 4 is 23.8 Å². The molecule has 0 bridgehead atoms. The number of hydrogen-bond acceptors (Lipinski definition) is 6. The second-order valence-corrected chi connectivity index (χ2v) is 6.78. The molecule has 0 saturated carbocycles. The van der Waals surface area contributed by atoms with Gasteiger partial charge in [-0.15, -0.1) is 0 Å². The maximum atomic E-state index is 12.5. The highest BCUT2D eigenvalue weighted by Crippen LogP contribution is 2.27. The van der Waals surface area contributed by atoms with Crippen LogP contribution in [0.1, 0.15) is 38.3 Å². The van der Waals surface area contributed by atoms with Crippen molar-refractivity contribution in [2.75, 3.05) is 6.61 Å². The summed E-state index contributed by atoms with van der Waals surface area (Å²) >= 11 is 5.42. The van der Waals surface area contributed by atoms with E-state index in [9.17, 15) is 9.59 Å². The van der Waals surface area contributed by atoms with Gasteiger partial charge in [-0.1, -0.05) is 36.4 Å². The van der Waals surface area contributed by atoms with Gasteiger partial charge in [-0.25, -0.2) is 13.9 Å². The van der Waals surface area contributed by atoms with E-state index in [2.05, 4.69) is 0 Å². The summed E-state index contributed by atoms with van der Waals surface area (Å²) in [5.74, 6) is -0.946. The zero-order valence-corrected chi connectivity index (χ0v) is 16.3. The number of esters is 2. The van der Waals surface area contributed by atoms with Crippen LogP contribution in [0.25, 0.3) is 0 Å². The molecule has 1 unspecified atom stereocenters. The molecule has 2 aromatic rings. The lowest BCUT2D eigenvalue weighted by Gasteiger charge is -2.19. The molecule has 0 radical (unpaired) electrons. The van der Waals surface area contributed by atoms with E-state index in [4.69, 9.17) is 30.4 Å². The Morgan fingerprint density at radius 1 is 1.00 bits per heavy atom. The van der Waals surface area contributed by atoms with Crippen LogP contribution in [0.5, 0.6) is 0 Å². The Hall–Kier alpha value is -2.41. The zero-order valence-electron chi connectivity index (χ0n) is 15.6. The fourth-order valence-corrected chi connectivity index (χ4v) is 3.16. The summed E-state index contributed by atoms with van der Waals surface area (Å²) in [6.45, 7) is 3.57. The molecule has 1 aliphatic rings. The van der Waals surface area contributed by atoms with E-state index in [1.807, 2.05) is 38.1 Å². The van der Waals surface area contributed by atoms with Crippen LogP contribution in [-0.4, -0.2) is 37.0 Å². The summed E-state index contributed by atoms with van der Waals surface area (Å²) in [6, 6.07) is 14.2. The number of rotatable bonds is 6. The van der Waals surface area contributed by atoms with Gasteiger partial charge in [0.1, 0.15) is 18.8 Å². The van der Waals surface area contributed by atoms with Gasteiger partial charge in [0.2, 0.25) is 0 Å². The maximum absolute atomic E-state index is 12.5. The largest absolute Gasteiger partial charge is 0.459 e. The predicted molar refractivity (Wildman–Crippen MR) is 102 cm³/mol. The fraction of sp³-hybridized carbons (Fsp3) is 0.333. The highest BCUT2D eigenvalue weighted by Gasteiger charge is 2.40. The minimum Gasteiger partial charge on any atom is -0.459 e. The predicted octanol–water partition coefficient (Wildman–Crippen LogP) is 3.97. The first kappa shape index (κ1) is 20.3. The van der Waals surface area contributed by atoms with Crippen LogP contribution in [0.15, 0.2) is 48.5 Å². The van der Waals surface area contributed by atoms with E-state index in [-0.39, 0.29) is 13.0 Å². The Kier molecular flexibility index (Phi) is 6.67. The lowest BCUT2D eigenvalue weighted by molar-refractivity contribution is -0.0943. The topological polar surface area (TPSA) is 71.1 Å². The highest BCUT2D eigenvalue weighted by atomic mass is 35.5. The summed E-state index contributed by atoms with van der Waals surface area (Å²) in [6.07, 6.45) is -1.84. The molecule has 7 heteroatoms. The van der Waals surface area contributed by atoms with Crippen LogP contribution in [0, 0.1) is 13.8 Å². The Balaban J connectivity index is 1.65. The molecule has 0 spiro atoms. The number of carbonyl (C=O) groups is 2. The van der Waals surface area contributed by atoms with Gasteiger partial charge in [-0.2, -0.15) is 0 Å². The molecule has 1 fully saturated rings. The first-order valence-corrected chi connectivity index (χ1v) is 9.22. The van der Waals surface area contributed by atoms with Gasteiger partial charge >= 0.3 is 11.9 Å². The molecular weight excluding hydrogens is 384 g/mol. The van der Waals surface area contributed by atoms with Gasteiger partial charge in [-0.05, 0) is 37.1 Å². The standard InChI is InChI=1S/C21H21ClO6/c1-13-7-3-5-9-15(13)20(23)25-12-18-17(11-19(26-18)28-22)27-21(24)16-10-6-4-8-14(16)2/h3-10,17-19H,11-12H2,1-2H3/t17-,18+,19?/m1/s1. The van der Waals surface area contributed by atoms with Crippen LogP contribution in [0.2, 0.25) is 0 Å². The Bertz CT molecular complexity index is 852. The van der Waals surface area contributed by atoms with Crippen molar-refractivity contribution in [1.82, 2.24) is 0 Å². The van der Waals surface area contributed by atoms with Crippen LogP contribution in [0.3, 0.4) is 0 Å². The summed E-state index contributed by atoms with van der Waals surface area (Å²) < 4.78 is 21.3. The minimum atomic E-state index is -0.751. The van der Waals surface area contributed by atoms with Crippen LogP contribution < -0.4 is 0 Å². The molecule has 1 heterocycles. The SMILES string of the molecule is Cc1ccccc1C(=O)OC[C@@H]1OC(OCl)C[C@H]1OC(=O)c1ccccc1C. The first-order chi connectivity index (χ1) is 13.5. The summed E-state index contributed by atoms with van der Waals surface area (Å²) in [5.41, 5.74) is 2.55.